The molecule has 116 valence electrons. The lowest BCUT2D eigenvalue weighted by Gasteiger charge is -2.06. The molecule has 0 heterocycles. The predicted octanol–water partition coefficient (Wildman–Crippen LogP) is 3.96. The Morgan fingerprint density at radius 3 is 2.59 bits per heavy atom. The maximum atomic E-state index is 5.90. The summed E-state index contributed by atoms with van der Waals surface area (Å²) < 4.78 is 0. The van der Waals surface area contributed by atoms with E-state index in [2.05, 4.69) is 60.6 Å². The molecule has 0 bridgehead atoms. The van der Waals surface area contributed by atoms with Crippen LogP contribution in [0.3, 0.4) is 0 Å². The lowest BCUT2D eigenvalue weighted by Crippen LogP contribution is -2.23. The van der Waals surface area contributed by atoms with Crippen LogP contribution >= 0.6 is 11.8 Å². The first-order chi connectivity index (χ1) is 10.6. The van der Waals surface area contributed by atoms with E-state index in [-0.39, 0.29) is 0 Å². The molecule has 0 fully saturated rings. The number of hydrogen-bond acceptors (Lipinski definition) is 2. The third-order valence-electron chi connectivity index (χ3n) is 3.20. The zero-order chi connectivity index (χ0) is 15.8. The first kappa shape index (κ1) is 16.4. The van der Waals surface area contributed by atoms with Crippen molar-refractivity contribution in [1.82, 2.24) is 0 Å². The molecule has 2 aromatic carbocycles. The van der Waals surface area contributed by atoms with E-state index in [9.17, 15) is 0 Å². The molecular formula is C18H23N3S. The van der Waals surface area contributed by atoms with E-state index < -0.39 is 0 Å². The Bertz CT molecular complexity index is 620. The van der Waals surface area contributed by atoms with Gasteiger partial charge in [0.15, 0.2) is 5.96 Å². The molecule has 0 aliphatic carbocycles. The van der Waals surface area contributed by atoms with Gasteiger partial charge in [-0.3, -0.25) is 4.99 Å². The van der Waals surface area contributed by atoms with Crippen molar-refractivity contribution in [2.75, 3.05) is 17.6 Å². The maximum Gasteiger partial charge on any atom is 0.193 e. The van der Waals surface area contributed by atoms with Gasteiger partial charge >= 0.3 is 0 Å². The van der Waals surface area contributed by atoms with Gasteiger partial charge in [0, 0.05) is 17.2 Å². The lowest BCUT2D eigenvalue weighted by molar-refractivity contribution is 1.13. The number of benzene rings is 2. The molecule has 0 unspecified atom stereocenters. The van der Waals surface area contributed by atoms with Crippen molar-refractivity contribution in [1.29, 1.82) is 0 Å². The van der Waals surface area contributed by atoms with Crippen LogP contribution in [0.25, 0.3) is 0 Å². The molecule has 22 heavy (non-hydrogen) atoms. The number of nitrogens with two attached hydrogens (primary N) is 1. The summed E-state index contributed by atoms with van der Waals surface area (Å²) in [6.45, 7) is 4.89. The van der Waals surface area contributed by atoms with Gasteiger partial charge in [0.05, 0.1) is 6.54 Å². The third-order valence-corrected chi connectivity index (χ3v) is 4.21. The van der Waals surface area contributed by atoms with Crippen molar-refractivity contribution in [3.63, 3.8) is 0 Å². The summed E-state index contributed by atoms with van der Waals surface area (Å²) in [4.78, 5) is 4.36. The molecule has 0 aliphatic heterocycles. The molecule has 0 aromatic heterocycles. The molecule has 0 radical (unpaired) electrons. The fourth-order valence-electron chi connectivity index (χ4n) is 2.02. The Labute approximate surface area is 137 Å². The van der Waals surface area contributed by atoms with Crippen LogP contribution in [0.1, 0.15) is 16.7 Å². The SMILES string of the molecule is Cc1ccc(CSCCN=C(N)Nc2cccc(C)c2)cc1. The van der Waals surface area contributed by atoms with Crippen molar-refractivity contribution < 1.29 is 0 Å². The van der Waals surface area contributed by atoms with Gasteiger partial charge in [0.25, 0.3) is 0 Å². The van der Waals surface area contributed by atoms with Gasteiger partial charge in [-0.1, -0.05) is 42.0 Å². The van der Waals surface area contributed by atoms with Crippen molar-refractivity contribution in [2.45, 2.75) is 19.6 Å². The summed E-state index contributed by atoms with van der Waals surface area (Å²) in [7, 11) is 0. The summed E-state index contributed by atoms with van der Waals surface area (Å²) in [5.41, 5.74) is 10.7. The highest BCUT2D eigenvalue weighted by Gasteiger charge is 1.96. The van der Waals surface area contributed by atoms with Gasteiger partial charge in [-0.2, -0.15) is 11.8 Å². The van der Waals surface area contributed by atoms with Gasteiger partial charge in [-0.25, -0.2) is 0 Å². The number of guanidine groups is 1. The van der Waals surface area contributed by atoms with Crippen LogP contribution in [-0.2, 0) is 5.75 Å². The molecule has 0 saturated heterocycles. The van der Waals surface area contributed by atoms with Crippen molar-refractivity contribution >= 4 is 23.4 Å². The number of nitrogens with one attached hydrogen (secondary N) is 1. The fourth-order valence-corrected chi connectivity index (χ4v) is 2.81. The minimum absolute atomic E-state index is 0.474. The van der Waals surface area contributed by atoms with Crippen LogP contribution in [0.5, 0.6) is 0 Å². The van der Waals surface area contributed by atoms with E-state index >= 15 is 0 Å². The van der Waals surface area contributed by atoms with Gasteiger partial charge in [-0.15, -0.1) is 0 Å². The van der Waals surface area contributed by atoms with Gasteiger partial charge < -0.3 is 11.1 Å². The predicted molar refractivity (Wildman–Crippen MR) is 98.6 cm³/mol. The highest BCUT2D eigenvalue weighted by molar-refractivity contribution is 7.98. The monoisotopic (exact) mass is 313 g/mol. The Morgan fingerprint density at radius 1 is 1.09 bits per heavy atom. The number of anilines is 1. The van der Waals surface area contributed by atoms with Crippen molar-refractivity contribution in [2.24, 2.45) is 10.7 Å². The van der Waals surface area contributed by atoms with Crippen LogP contribution in [0.4, 0.5) is 5.69 Å². The highest BCUT2D eigenvalue weighted by atomic mass is 32.2. The van der Waals surface area contributed by atoms with Crippen molar-refractivity contribution in [3.8, 4) is 0 Å². The minimum Gasteiger partial charge on any atom is -0.370 e. The fraction of sp³-hybridized carbons (Fsp3) is 0.278. The Kier molecular flexibility index (Phi) is 6.34. The largest absolute Gasteiger partial charge is 0.370 e. The summed E-state index contributed by atoms with van der Waals surface area (Å²) in [5, 5.41) is 3.12. The molecule has 0 aliphatic rings. The van der Waals surface area contributed by atoms with Gasteiger partial charge in [-0.05, 0) is 37.1 Å². The number of aliphatic imine (C=N–C) groups is 1. The summed E-state index contributed by atoms with van der Waals surface area (Å²) >= 11 is 1.87. The normalized spacial score (nSPS) is 11.5. The average Bonchev–Trinajstić information content (AvgIpc) is 2.49. The number of aryl methyl sites for hydroxylation is 2. The van der Waals surface area contributed by atoms with E-state index in [1.54, 1.807) is 0 Å². The molecule has 2 rings (SSSR count). The first-order valence-electron chi connectivity index (χ1n) is 7.40. The van der Waals surface area contributed by atoms with Crippen LogP contribution in [-0.4, -0.2) is 18.3 Å². The average molecular weight is 313 g/mol. The van der Waals surface area contributed by atoms with E-state index in [1.165, 1.54) is 16.7 Å². The number of thioether (sulfide) groups is 1. The van der Waals surface area contributed by atoms with E-state index in [1.807, 2.05) is 23.9 Å². The molecule has 2 aromatic rings. The standard InChI is InChI=1S/C18H23N3S/c1-14-6-8-16(9-7-14)13-22-11-10-20-18(19)21-17-5-3-4-15(2)12-17/h3-9,12H,10-11,13H2,1-2H3,(H3,19,20,21). The maximum absolute atomic E-state index is 5.90. The molecule has 3 nitrogen and oxygen atoms in total. The molecular weight excluding hydrogens is 290 g/mol. The van der Waals surface area contributed by atoms with Crippen LogP contribution in [0, 0.1) is 13.8 Å². The first-order valence-corrected chi connectivity index (χ1v) is 8.56. The second-order valence-electron chi connectivity index (χ2n) is 5.30. The van der Waals surface area contributed by atoms with E-state index in [0.29, 0.717) is 5.96 Å². The Hall–Kier alpha value is -1.94. The van der Waals surface area contributed by atoms with Crippen LogP contribution in [0.2, 0.25) is 0 Å². The molecule has 4 heteroatoms. The Morgan fingerprint density at radius 2 is 1.86 bits per heavy atom. The molecule has 0 amide bonds. The number of hydrogen-bond donors (Lipinski definition) is 2. The van der Waals surface area contributed by atoms with Crippen molar-refractivity contribution in [3.05, 3.63) is 65.2 Å². The second kappa shape index (κ2) is 8.49. The quantitative estimate of drug-likeness (QED) is 0.482. The van der Waals surface area contributed by atoms with Gasteiger partial charge in [0.2, 0.25) is 0 Å². The molecule has 3 N–H and O–H groups in total. The molecule has 0 saturated carbocycles. The smallest absolute Gasteiger partial charge is 0.193 e. The minimum atomic E-state index is 0.474. The van der Waals surface area contributed by atoms with E-state index in [4.69, 9.17) is 5.73 Å². The summed E-state index contributed by atoms with van der Waals surface area (Å²) in [6, 6.07) is 16.8. The zero-order valence-corrected chi connectivity index (χ0v) is 14.0. The van der Waals surface area contributed by atoms with Crippen LogP contribution < -0.4 is 11.1 Å². The topological polar surface area (TPSA) is 50.4 Å². The second-order valence-corrected chi connectivity index (χ2v) is 6.40. The molecule has 0 spiro atoms. The zero-order valence-electron chi connectivity index (χ0n) is 13.2. The van der Waals surface area contributed by atoms with Gasteiger partial charge in [0.1, 0.15) is 0 Å². The summed E-state index contributed by atoms with van der Waals surface area (Å²) in [6.07, 6.45) is 0. The van der Waals surface area contributed by atoms with Crippen LogP contribution in [0.15, 0.2) is 53.5 Å². The number of rotatable bonds is 6. The highest BCUT2D eigenvalue weighted by Crippen LogP contribution is 2.13. The molecule has 0 atom stereocenters. The lowest BCUT2D eigenvalue weighted by atomic mass is 10.2. The third kappa shape index (κ3) is 5.82. The summed E-state index contributed by atoms with van der Waals surface area (Å²) in [5.74, 6) is 2.45. The number of nitrogens with zero attached hydrogens (tertiary/aromatic N) is 1. The Balaban J connectivity index is 1.69. The van der Waals surface area contributed by atoms with E-state index in [0.717, 1.165) is 23.7 Å².